The van der Waals surface area contributed by atoms with E-state index < -0.39 is 0 Å². The molecule has 12 heteroatoms. The summed E-state index contributed by atoms with van der Waals surface area (Å²) in [6.07, 6.45) is 12.5. The van der Waals surface area contributed by atoms with E-state index in [0.717, 1.165) is 57.8 Å². The monoisotopic (exact) mass is 517 g/mol. The van der Waals surface area contributed by atoms with Crippen molar-refractivity contribution in [3.8, 4) is 6.07 Å². The topological polar surface area (TPSA) is 145 Å². The standard InChI is InChI=1S/C26H35N11O/c1-2-21-32-25(33-22-9-8-18(17-30-22)24(38)31-19-6-4-3-5-7-19)35-26(34-21)37-14-12-36(13-15-37)23-20(16-27)28-10-11-29-23/h3-4,8-11,17,19,21,23,25,29,32H,2,5-7,12-15H2,1H3,(H,30,33)(H,31,38)(H,34,35). The second kappa shape index (κ2) is 12.1. The molecule has 1 aromatic rings. The fourth-order valence-electron chi connectivity index (χ4n) is 4.96. The summed E-state index contributed by atoms with van der Waals surface area (Å²) < 4.78 is 0. The normalized spacial score (nSPS) is 27.3. The highest BCUT2D eigenvalue weighted by Gasteiger charge is 2.31. The Kier molecular flexibility index (Phi) is 8.15. The van der Waals surface area contributed by atoms with E-state index in [1.807, 2.05) is 6.07 Å². The number of carbonyl (C=O) groups excluding carboxylic acids is 1. The second-order valence-corrected chi connectivity index (χ2v) is 9.69. The van der Waals surface area contributed by atoms with Gasteiger partial charge in [0.25, 0.3) is 5.91 Å². The molecule has 1 amide bonds. The smallest absolute Gasteiger partial charge is 0.253 e. The van der Waals surface area contributed by atoms with Crippen LogP contribution in [0.1, 0.15) is 43.0 Å². The molecule has 1 saturated heterocycles. The maximum absolute atomic E-state index is 12.6. The SMILES string of the molecule is CCC1NC(N2CCN(C3NC=CN=C3C#N)CC2)=NC(Nc2ccc(C(=O)NC3CC=CCC3)cn2)N1. The Bertz CT molecular complexity index is 1140. The first-order chi connectivity index (χ1) is 18.6. The lowest BCUT2D eigenvalue weighted by Gasteiger charge is -2.42. The zero-order chi connectivity index (χ0) is 26.3. The number of hydrogen-bond acceptors (Lipinski definition) is 11. The number of carbonyl (C=O) groups is 1. The zero-order valence-electron chi connectivity index (χ0n) is 21.6. The molecule has 5 N–H and O–H groups in total. The number of amides is 1. The molecule has 0 bridgehead atoms. The van der Waals surface area contributed by atoms with Gasteiger partial charge in [-0.25, -0.2) is 15.0 Å². The van der Waals surface area contributed by atoms with E-state index in [2.05, 4.69) is 71.5 Å². The molecule has 4 atom stereocenters. The van der Waals surface area contributed by atoms with Crippen LogP contribution in [0.4, 0.5) is 5.82 Å². The van der Waals surface area contributed by atoms with Gasteiger partial charge in [-0.1, -0.05) is 19.1 Å². The highest BCUT2D eigenvalue weighted by Crippen LogP contribution is 2.14. The van der Waals surface area contributed by atoms with Crippen molar-refractivity contribution in [3.05, 3.63) is 48.4 Å². The Hall–Kier alpha value is -3.95. The molecule has 1 aliphatic carbocycles. The molecule has 0 saturated carbocycles. The van der Waals surface area contributed by atoms with E-state index in [4.69, 9.17) is 4.99 Å². The molecule has 1 aromatic heterocycles. The van der Waals surface area contributed by atoms with Gasteiger partial charge < -0.3 is 26.2 Å². The van der Waals surface area contributed by atoms with Crippen LogP contribution in [0.5, 0.6) is 0 Å². The van der Waals surface area contributed by atoms with Gasteiger partial charge in [0.05, 0.1) is 11.7 Å². The van der Waals surface area contributed by atoms with Gasteiger partial charge in [0, 0.05) is 50.8 Å². The van der Waals surface area contributed by atoms with Crippen molar-refractivity contribution in [1.82, 2.24) is 36.1 Å². The Labute approximate surface area is 223 Å². The van der Waals surface area contributed by atoms with Crippen LogP contribution in [-0.4, -0.2) is 83.2 Å². The van der Waals surface area contributed by atoms with E-state index >= 15 is 0 Å². The Morgan fingerprint density at radius 2 is 2.11 bits per heavy atom. The van der Waals surface area contributed by atoms with Gasteiger partial charge in [-0.2, -0.15) is 5.26 Å². The van der Waals surface area contributed by atoms with Crippen molar-refractivity contribution < 1.29 is 4.79 Å². The van der Waals surface area contributed by atoms with Crippen LogP contribution < -0.4 is 26.6 Å². The van der Waals surface area contributed by atoms with Gasteiger partial charge in [-0.3, -0.25) is 15.0 Å². The average Bonchev–Trinajstić information content (AvgIpc) is 2.98. The predicted molar refractivity (Wildman–Crippen MR) is 146 cm³/mol. The van der Waals surface area contributed by atoms with Crippen molar-refractivity contribution >= 4 is 23.4 Å². The van der Waals surface area contributed by atoms with E-state index in [9.17, 15) is 10.1 Å². The third-order valence-electron chi connectivity index (χ3n) is 7.13. The van der Waals surface area contributed by atoms with Crippen LogP contribution >= 0.6 is 0 Å². The summed E-state index contributed by atoms with van der Waals surface area (Å²) in [5.74, 6) is 1.38. The third kappa shape index (κ3) is 6.12. The first-order valence-corrected chi connectivity index (χ1v) is 13.3. The minimum atomic E-state index is -0.363. The van der Waals surface area contributed by atoms with E-state index in [1.165, 1.54) is 0 Å². The Balaban J connectivity index is 1.18. The molecule has 12 nitrogen and oxygen atoms in total. The van der Waals surface area contributed by atoms with Gasteiger partial charge in [0.15, 0.2) is 18.0 Å². The molecule has 5 rings (SSSR count). The molecule has 4 aliphatic rings. The molecular formula is C26H35N11O. The maximum Gasteiger partial charge on any atom is 0.253 e. The molecule has 38 heavy (non-hydrogen) atoms. The molecule has 1 fully saturated rings. The number of nitrogens with one attached hydrogen (secondary N) is 5. The van der Waals surface area contributed by atoms with Crippen LogP contribution in [0.25, 0.3) is 0 Å². The third-order valence-corrected chi connectivity index (χ3v) is 7.13. The average molecular weight is 518 g/mol. The fraction of sp³-hybridized carbons (Fsp3) is 0.500. The molecule has 0 spiro atoms. The summed E-state index contributed by atoms with van der Waals surface area (Å²) >= 11 is 0. The molecule has 200 valence electrons. The molecule has 4 unspecified atom stereocenters. The number of aliphatic imine (C=N–C) groups is 2. The lowest BCUT2D eigenvalue weighted by atomic mass is 10.0. The van der Waals surface area contributed by atoms with Crippen molar-refractivity contribution in [1.29, 1.82) is 5.26 Å². The zero-order valence-corrected chi connectivity index (χ0v) is 21.6. The molecule has 4 heterocycles. The summed E-state index contributed by atoms with van der Waals surface area (Å²) in [5.41, 5.74) is 1.03. The number of anilines is 1. The lowest BCUT2D eigenvalue weighted by molar-refractivity contribution is 0.0934. The van der Waals surface area contributed by atoms with E-state index in [1.54, 1.807) is 24.7 Å². The van der Waals surface area contributed by atoms with Crippen molar-refractivity contribution in [2.45, 2.75) is 57.3 Å². The minimum Gasteiger partial charge on any atom is -0.369 e. The first-order valence-electron chi connectivity index (χ1n) is 13.3. The number of nitrogens with zero attached hydrogens (tertiary/aromatic N) is 6. The Morgan fingerprint density at radius 3 is 2.82 bits per heavy atom. The summed E-state index contributed by atoms with van der Waals surface area (Å²) in [6, 6.07) is 5.98. The van der Waals surface area contributed by atoms with Gasteiger partial charge in [0.1, 0.15) is 18.1 Å². The predicted octanol–water partition coefficient (Wildman–Crippen LogP) is 0.883. The fourth-order valence-corrected chi connectivity index (χ4v) is 4.96. The number of allylic oxidation sites excluding steroid dienone is 1. The van der Waals surface area contributed by atoms with Crippen molar-refractivity contribution in [2.24, 2.45) is 9.98 Å². The van der Waals surface area contributed by atoms with Crippen molar-refractivity contribution in [2.75, 3.05) is 31.5 Å². The first kappa shape index (κ1) is 25.7. The van der Waals surface area contributed by atoms with Gasteiger partial charge in [0.2, 0.25) is 0 Å². The lowest BCUT2D eigenvalue weighted by Crippen LogP contribution is -2.64. The largest absolute Gasteiger partial charge is 0.369 e. The summed E-state index contributed by atoms with van der Waals surface area (Å²) in [5, 5.41) is 26.0. The molecular weight excluding hydrogens is 482 g/mol. The van der Waals surface area contributed by atoms with Crippen LogP contribution in [0, 0.1) is 11.3 Å². The van der Waals surface area contributed by atoms with E-state index in [-0.39, 0.29) is 30.6 Å². The van der Waals surface area contributed by atoms with Gasteiger partial charge in [-0.05, 0) is 37.8 Å². The molecule has 3 aliphatic heterocycles. The second-order valence-electron chi connectivity index (χ2n) is 9.69. The summed E-state index contributed by atoms with van der Waals surface area (Å²) in [6.45, 7) is 5.21. The van der Waals surface area contributed by atoms with Crippen LogP contribution in [-0.2, 0) is 0 Å². The van der Waals surface area contributed by atoms with Crippen molar-refractivity contribution in [3.63, 3.8) is 0 Å². The highest BCUT2D eigenvalue weighted by atomic mass is 16.1. The number of hydrogen-bond donors (Lipinski definition) is 5. The molecule has 0 aromatic carbocycles. The van der Waals surface area contributed by atoms with Gasteiger partial charge in [-0.15, -0.1) is 0 Å². The number of nitriles is 1. The number of piperazine rings is 1. The number of pyridine rings is 1. The van der Waals surface area contributed by atoms with Crippen LogP contribution in [0.3, 0.4) is 0 Å². The Morgan fingerprint density at radius 1 is 1.24 bits per heavy atom. The molecule has 0 radical (unpaired) electrons. The number of rotatable bonds is 6. The van der Waals surface area contributed by atoms with Crippen LogP contribution in [0.2, 0.25) is 0 Å². The van der Waals surface area contributed by atoms with Crippen LogP contribution in [0.15, 0.2) is 52.9 Å². The highest BCUT2D eigenvalue weighted by molar-refractivity contribution is 6.03. The number of guanidine groups is 1. The summed E-state index contributed by atoms with van der Waals surface area (Å²) in [7, 11) is 0. The van der Waals surface area contributed by atoms with E-state index in [0.29, 0.717) is 17.1 Å². The minimum absolute atomic E-state index is 0.0510. The summed E-state index contributed by atoms with van der Waals surface area (Å²) in [4.78, 5) is 30.6. The van der Waals surface area contributed by atoms with Gasteiger partial charge >= 0.3 is 0 Å². The maximum atomic E-state index is 12.6. The quantitative estimate of drug-likeness (QED) is 0.347. The number of aromatic nitrogens is 1.